The van der Waals surface area contributed by atoms with Crippen LogP contribution in [0, 0.1) is 0 Å². The molecule has 1 fully saturated rings. The number of hydrogen-bond donors (Lipinski definition) is 1. The molecule has 1 saturated carbocycles. The molecule has 1 aliphatic rings. The number of nitrogens with one attached hydrogen (secondary N) is 1. The van der Waals surface area contributed by atoms with Crippen LogP contribution in [-0.2, 0) is 17.8 Å². The molecular formula is C19H20N4O2S3. The third kappa shape index (κ3) is 4.71. The summed E-state index contributed by atoms with van der Waals surface area (Å²) in [6.45, 7) is 1.95. The molecule has 0 radical (unpaired) electrons. The summed E-state index contributed by atoms with van der Waals surface area (Å²) in [5.74, 6) is 1.32. The van der Waals surface area contributed by atoms with Gasteiger partial charge in [0.25, 0.3) is 0 Å². The summed E-state index contributed by atoms with van der Waals surface area (Å²) in [4.78, 5) is 26.6. The van der Waals surface area contributed by atoms with E-state index in [1.165, 1.54) is 34.9 Å². The van der Waals surface area contributed by atoms with Gasteiger partial charge in [0.15, 0.2) is 10.9 Å². The number of ketones is 1. The number of carbonyl (C=O) groups excluding carboxylic acids is 2. The van der Waals surface area contributed by atoms with E-state index < -0.39 is 0 Å². The smallest absolute Gasteiger partial charge is 0.217 e. The van der Waals surface area contributed by atoms with Crippen LogP contribution in [0.2, 0.25) is 0 Å². The predicted molar refractivity (Wildman–Crippen MR) is 112 cm³/mol. The highest BCUT2D eigenvalue weighted by molar-refractivity contribution is 7.99. The molecule has 6 nitrogen and oxygen atoms in total. The molecule has 3 aromatic heterocycles. The average Bonchev–Trinajstić information content (AvgIpc) is 3.09. The topological polar surface area (TPSA) is 76.9 Å². The zero-order valence-corrected chi connectivity index (χ0v) is 17.8. The van der Waals surface area contributed by atoms with Crippen LogP contribution in [0.25, 0.3) is 0 Å². The van der Waals surface area contributed by atoms with Gasteiger partial charge in [0, 0.05) is 29.1 Å². The molecule has 0 unspecified atom stereocenters. The molecule has 28 heavy (non-hydrogen) atoms. The van der Waals surface area contributed by atoms with Crippen molar-refractivity contribution in [1.82, 2.24) is 20.1 Å². The molecule has 146 valence electrons. The fraction of sp³-hybridized carbons (Fsp3) is 0.368. The van der Waals surface area contributed by atoms with Crippen molar-refractivity contribution in [3.8, 4) is 0 Å². The molecule has 0 spiro atoms. The Hall–Kier alpha value is -1.97. The highest BCUT2D eigenvalue weighted by Gasteiger charge is 2.30. The monoisotopic (exact) mass is 432 g/mol. The molecule has 1 N–H and O–H groups in total. The molecule has 3 aromatic rings. The average molecular weight is 433 g/mol. The number of aromatic nitrogens is 3. The first-order valence-corrected chi connectivity index (χ1v) is 11.7. The second-order valence-electron chi connectivity index (χ2n) is 6.64. The van der Waals surface area contributed by atoms with Crippen LogP contribution < -0.4 is 5.32 Å². The third-order valence-corrected chi connectivity index (χ3v) is 7.29. The van der Waals surface area contributed by atoms with Crippen LogP contribution in [-0.4, -0.2) is 32.2 Å². The second-order valence-corrected chi connectivity index (χ2v) is 9.79. The summed E-state index contributed by atoms with van der Waals surface area (Å²) in [5.41, 5.74) is 0. The van der Waals surface area contributed by atoms with Crippen molar-refractivity contribution in [1.29, 1.82) is 0 Å². The van der Waals surface area contributed by atoms with Crippen molar-refractivity contribution in [2.75, 3.05) is 5.75 Å². The Bertz CT molecular complexity index is 973. The van der Waals surface area contributed by atoms with E-state index in [1.54, 1.807) is 11.3 Å². The van der Waals surface area contributed by atoms with Gasteiger partial charge >= 0.3 is 0 Å². The SMILES string of the molecule is CC(=O)NCc1ccc(C(=O)CSc2nnc(Cc3cccs3)n2C2CC2)s1. The Morgan fingerprint density at radius 3 is 2.82 bits per heavy atom. The van der Waals surface area contributed by atoms with Crippen LogP contribution in [0.15, 0.2) is 34.8 Å². The first kappa shape index (κ1) is 19.4. The summed E-state index contributed by atoms with van der Waals surface area (Å²) >= 11 is 4.61. The number of carbonyl (C=O) groups is 2. The summed E-state index contributed by atoms with van der Waals surface area (Å²) in [7, 11) is 0. The van der Waals surface area contributed by atoms with E-state index in [4.69, 9.17) is 0 Å². The number of amides is 1. The molecule has 0 aliphatic heterocycles. The Kier molecular flexibility index (Phi) is 5.93. The Morgan fingerprint density at radius 1 is 1.25 bits per heavy atom. The molecular weight excluding hydrogens is 412 g/mol. The molecule has 3 heterocycles. The van der Waals surface area contributed by atoms with Crippen molar-refractivity contribution in [2.45, 2.75) is 43.9 Å². The normalized spacial score (nSPS) is 13.6. The van der Waals surface area contributed by atoms with Gasteiger partial charge in [-0.2, -0.15) is 0 Å². The van der Waals surface area contributed by atoms with Gasteiger partial charge in [-0.25, -0.2) is 0 Å². The standard InChI is InChI=1S/C19H20N4O2S3/c1-12(24)20-10-15-6-7-17(28-15)16(25)11-27-19-22-21-18(23(19)13-4-5-13)9-14-3-2-8-26-14/h2-3,6-8,13H,4-5,9-11H2,1H3,(H,20,24). The van der Waals surface area contributed by atoms with Crippen molar-refractivity contribution in [3.05, 3.63) is 50.1 Å². The van der Waals surface area contributed by atoms with Crippen LogP contribution in [0.5, 0.6) is 0 Å². The number of thioether (sulfide) groups is 1. The lowest BCUT2D eigenvalue weighted by molar-refractivity contribution is -0.119. The van der Waals surface area contributed by atoms with E-state index in [-0.39, 0.29) is 11.7 Å². The number of Topliss-reactive ketones (excluding diaryl/α,β-unsaturated/α-hetero) is 1. The van der Waals surface area contributed by atoms with E-state index in [1.807, 2.05) is 18.2 Å². The molecule has 0 saturated heterocycles. The largest absolute Gasteiger partial charge is 0.351 e. The maximum absolute atomic E-state index is 12.6. The summed E-state index contributed by atoms with van der Waals surface area (Å²) in [5, 5.41) is 14.4. The minimum absolute atomic E-state index is 0.0744. The number of nitrogens with zero attached hydrogens (tertiary/aromatic N) is 3. The fourth-order valence-electron chi connectivity index (χ4n) is 2.83. The van der Waals surface area contributed by atoms with Crippen LogP contribution in [0.3, 0.4) is 0 Å². The first-order chi connectivity index (χ1) is 13.6. The first-order valence-electron chi connectivity index (χ1n) is 9.05. The van der Waals surface area contributed by atoms with Gasteiger partial charge in [-0.3, -0.25) is 9.59 Å². The van der Waals surface area contributed by atoms with Gasteiger partial charge < -0.3 is 9.88 Å². The quantitative estimate of drug-likeness (QED) is 0.409. The molecule has 9 heteroatoms. The van der Waals surface area contributed by atoms with Crippen molar-refractivity contribution < 1.29 is 9.59 Å². The van der Waals surface area contributed by atoms with Crippen molar-refractivity contribution in [3.63, 3.8) is 0 Å². The van der Waals surface area contributed by atoms with Gasteiger partial charge in [0.05, 0.1) is 17.2 Å². The fourth-order valence-corrected chi connectivity index (χ4v) is 5.42. The summed E-state index contributed by atoms with van der Waals surface area (Å²) in [6.07, 6.45) is 3.08. The highest BCUT2D eigenvalue weighted by atomic mass is 32.2. The lowest BCUT2D eigenvalue weighted by Gasteiger charge is -2.07. The second kappa shape index (κ2) is 8.59. The zero-order valence-electron chi connectivity index (χ0n) is 15.4. The van der Waals surface area contributed by atoms with E-state index in [9.17, 15) is 9.59 Å². The van der Waals surface area contributed by atoms with Crippen LogP contribution in [0.1, 0.15) is 51.1 Å². The lowest BCUT2D eigenvalue weighted by Crippen LogP contribution is -2.18. The summed E-state index contributed by atoms with van der Waals surface area (Å²) in [6, 6.07) is 8.35. The van der Waals surface area contributed by atoms with Gasteiger partial charge in [-0.05, 0) is 36.4 Å². The third-order valence-electron chi connectivity index (χ3n) is 4.34. The predicted octanol–water partition coefficient (Wildman–Crippen LogP) is 3.94. The lowest BCUT2D eigenvalue weighted by atomic mass is 10.3. The van der Waals surface area contributed by atoms with E-state index in [0.29, 0.717) is 23.2 Å². The molecule has 0 aromatic carbocycles. The van der Waals surface area contributed by atoms with Crippen molar-refractivity contribution >= 4 is 46.1 Å². The Labute approximate surface area is 175 Å². The van der Waals surface area contributed by atoms with E-state index in [2.05, 4.69) is 31.5 Å². The molecule has 1 amide bonds. The zero-order chi connectivity index (χ0) is 19.5. The minimum Gasteiger partial charge on any atom is -0.351 e. The van der Waals surface area contributed by atoms with Crippen LogP contribution >= 0.6 is 34.4 Å². The van der Waals surface area contributed by atoms with Gasteiger partial charge in [-0.15, -0.1) is 32.9 Å². The number of thiophene rings is 2. The molecule has 0 bridgehead atoms. The van der Waals surface area contributed by atoms with E-state index in [0.717, 1.165) is 35.1 Å². The van der Waals surface area contributed by atoms with Crippen LogP contribution in [0.4, 0.5) is 0 Å². The Balaban J connectivity index is 1.40. The Morgan fingerprint density at radius 2 is 2.11 bits per heavy atom. The molecule has 1 aliphatic carbocycles. The minimum atomic E-state index is -0.0744. The van der Waals surface area contributed by atoms with Gasteiger partial charge in [0.1, 0.15) is 5.82 Å². The molecule has 0 atom stereocenters. The maximum Gasteiger partial charge on any atom is 0.217 e. The number of hydrogen-bond acceptors (Lipinski definition) is 7. The maximum atomic E-state index is 12.6. The number of rotatable bonds is 9. The van der Waals surface area contributed by atoms with Gasteiger partial charge in [0.2, 0.25) is 5.91 Å². The van der Waals surface area contributed by atoms with Gasteiger partial charge in [-0.1, -0.05) is 17.8 Å². The van der Waals surface area contributed by atoms with Crippen molar-refractivity contribution in [2.24, 2.45) is 0 Å². The van der Waals surface area contributed by atoms with E-state index >= 15 is 0 Å². The molecule has 4 rings (SSSR count). The highest BCUT2D eigenvalue weighted by Crippen LogP contribution is 2.39. The summed E-state index contributed by atoms with van der Waals surface area (Å²) < 4.78 is 2.22.